The largest absolute Gasteiger partial charge is 0.504 e. The molecule has 1 atom stereocenters. The van der Waals surface area contributed by atoms with E-state index in [1.165, 1.54) is 0 Å². The van der Waals surface area contributed by atoms with Crippen LogP contribution in [0.15, 0.2) is 83.5 Å². The summed E-state index contributed by atoms with van der Waals surface area (Å²) in [5, 5.41) is 19.3. The molecular weight excluding hydrogens is 388 g/mol. The molecule has 0 aliphatic heterocycles. The minimum absolute atomic E-state index is 0.122. The van der Waals surface area contributed by atoms with E-state index in [0.29, 0.717) is 17.2 Å². The summed E-state index contributed by atoms with van der Waals surface area (Å²) in [6.07, 6.45) is 1.07. The van der Waals surface area contributed by atoms with Crippen LogP contribution in [-0.2, 0) is 5.41 Å². The SMILES string of the molecule is C=Cc1ccc(OC(C)Oc2cccc(C(C)(C)C)c2O)c(N=Nc2ccccc2)c1. The molecule has 0 spiro atoms. The van der Waals surface area contributed by atoms with E-state index in [-0.39, 0.29) is 11.2 Å². The molecule has 0 aliphatic rings. The first kappa shape index (κ1) is 22.1. The minimum atomic E-state index is -0.665. The van der Waals surface area contributed by atoms with Crippen LogP contribution in [0.3, 0.4) is 0 Å². The van der Waals surface area contributed by atoms with Crippen molar-refractivity contribution in [1.29, 1.82) is 0 Å². The van der Waals surface area contributed by atoms with Crippen molar-refractivity contribution in [3.63, 3.8) is 0 Å². The lowest BCUT2D eigenvalue weighted by atomic mass is 9.86. The van der Waals surface area contributed by atoms with Gasteiger partial charge in [-0.2, -0.15) is 5.11 Å². The Morgan fingerprint density at radius 2 is 1.61 bits per heavy atom. The number of phenols is 1. The molecule has 0 aliphatic carbocycles. The zero-order valence-electron chi connectivity index (χ0n) is 18.4. The van der Waals surface area contributed by atoms with Crippen molar-refractivity contribution in [3.05, 3.63) is 84.4 Å². The molecule has 1 N–H and O–H groups in total. The highest BCUT2D eigenvalue weighted by molar-refractivity contribution is 5.60. The zero-order chi connectivity index (χ0) is 22.4. The highest BCUT2D eigenvalue weighted by Gasteiger charge is 2.21. The number of hydrogen-bond donors (Lipinski definition) is 1. The van der Waals surface area contributed by atoms with E-state index >= 15 is 0 Å². The fourth-order valence-corrected chi connectivity index (χ4v) is 3.05. The monoisotopic (exact) mass is 416 g/mol. The lowest BCUT2D eigenvalue weighted by molar-refractivity contribution is 0.0205. The number of azo groups is 1. The van der Waals surface area contributed by atoms with Gasteiger partial charge in [-0.15, -0.1) is 5.11 Å². The van der Waals surface area contributed by atoms with Gasteiger partial charge < -0.3 is 14.6 Å². The third-order valence-electron chi connectivity index (χ3n) is 4.64. The van der Waals surface area contributed by atoms with Gasteiger partial charge in [0, 0.05) is 12.5 Å². The summed E-state index contributed by atoms with van der Waals surface area (Å²) in [5.41, 5.74) is 2.80. The highest BCUT2D eigenvalue weighted by Crippen LogP contribution is 2.38. The molecule has 160 valence electrons. The molecule has 0 saturated carbocycles. The first-order valence-electron chi connectivity index (χ1n) is 10.2. The lowest BCUT2D eigenvalue weighted by Crippen LogP contribution is -2.20. The number of hydrogen-bond acceptors (Lipinski definition) is 5. The van der Waals surface area contributed by atoms with E-state index < -0.39 is 6.29 Å². The Kier molecular flexibility index (Phi) is 6.75. The van der Waals surface area contributed by atoms with E-state index in [0.717, 1.165) is 16.8 Å². The quantitative estimate of drug-likeness (QED) is 0.319. The second-order valence-corrected chi connectivity index (χ2v) is 8.17. The van der Waals surface area contributed by atoms with Crippen molar-refractivity contribution < 1.29 is 14.6 Å². The van der Waals surface area contributed by atoms with Crippen LogP contribution in [0.1, 0.15) is 38.8 Å². The van der Waals surface area contributed by atoms with Gasteiger partial charge in [-0.3, -0.25) is 0 Å². The van der Waals surface area contributed by atoms with Crippen LogP contribution in [0.2, 0.25) is 0 Å². The number of ether oxygens (including phenoxy) is 2. The van der Waals surface area contributed by atoms with E-state index in [4.69, 9.17) is 9.47 Å². The maximum atomic E-state index is 10.6. The maximum absolute atomic E-state index is 10.6. The highest BCUT2D eigenvalue weighted by atomic mass is 16.7. The lowest BCUT2D eigenvalue weighted by Gasteiger charge is -2.23. The number of para-hydroxylation sites is 1. The average Bonchev–Trinajstić information content (AvgIpc) is 2.74. The Balaban J connectivity index is 1.82. The summed E-state index contributed by atoms with van der Waals surface area (Å²) in [4.78, 5) is 0. The van der Waals surface area contributed by atoms with Gasteiger partial charge in [0.2, 0.25) is 6.29 Å². The van der Waals surface area contributed by atoms with Crippen LogP contribution < -0.4 is 9.47 Å². The molecule has 0 fully saturated rings. The number of aromatic hydroxyl groups is 1. The van der Waals surface area contributed by atoms with Crippen LogP contribution in [0, 0.1) is 0 Å². The van der Waals surface area contributed by atoms with Crippen LogP contribution in [0.5, 0.6) is 17.2 Å². The number of rotatable bonds is 7. The number of phenolic OH excluding ortho intramolecular Hbond substituents is 1. The Morgan fingerprint density at radius 3 is 2.29 bits per heavy atom. The van der Waals surface area contributed by atoms with Gasteiger partial charge in [-0.25, -0.2) is 0 Å². The van der Waals surface area contributed by atoms with E-state index in [1.807, 2.05) is 81.4 Å². The summed E-state index contributed by atoms with van der Waals surface area (Å²) >= 11 is 0. The Morgan fingerprint density at radius 1 is 0.903 bits per heavy atom. The number of benzene rings is 3. The molecule has 0 saturated heterocycles. The van der Waals surface area contributed by atoms with Crippen LogP contribution >= 0.6 is 0 Å². The predicted octanol–water partition coefficient (Wildman–Crippen LogP) is 7.55. The fourth-order valence-electron chi connectivity index (χ4n) is 3.05. The molecule has 3 aromatic rings. The van der Waals surface area contributed by atoms with Crippen LogP contribution in [-0.4, -0.2) is 11.4 Å². The van der Waals surface area contributed by atoms with Crippen molar-refractivity contribution in [2.75, 3.05) is 0 Å². The van der Waals surface area contributed by atoms with Gasteiger partial charge in [0.25, 0.3) is 0 Å². The van der Waals surface area contributed by atoms with Gasteiger partial charge in [0.15, 0.2) is 17.2 Å². The second kappa shape index (κ2) is 9.47. The molecule has 0 amide bonds. The molecule has 3 rings (SSSR count). The Hall–Kier alpha value is -3.60. The normalized spacial score (nSPS) is 12.5. The van der Waals surface area contributed by atoms with Gasteiger partial charge in [0.05, 0.1) is 5.69 Å². The summed E-state index contributed by atoms with van der Waals surface area (Å²) < 4.78 is 11.9. The first-order valence-corrected chi connectivity index (χ1v) is 10.2. The molecule has 0 bridgehead atoms. The molecular formula is C26H28N2O3. The van der Waals surface area contributed by atoms with Crippen molar-refractivity contribution in [1.82, 2.24) is 0 Å². The van der Waals surface area contributed by atoms with Gasteiger partial charge in [-0.1, -0.05) is 69.8 Å². The first-order chi connectivity index (χ1) is 14.8. The number of nitrogens with zero attached hydrogens (tertiary/aromatic N) is 2. The maximum Gasteiger partial charge on any atom is 0.238 e. The van der Waals surface area contributed by atoms with Gasteiger partial charge in [-0.05, 0) is 41.3 Å². The third kappa shape index (κ3) is 5.72. The summed E-state index contributed by atoms with van der Waals surface area (Å²) in [7, 11) is 0. The van der Waals surface area contributed by atoms with Gasteiger partial charge in [0.1, 0.15) is 5.69 Å². The van der Waals surface area contributed by atoms with Crippen LogP contribution in [0.4, 0.5) is 11.4 Å². The van der Waals surface area contributed by atoms with Crippen molar-refractivity contribution in [2.24, 2.45) is 10.2 Å². The molecule has 5 heteroatoms. The van der Waals surface area contributed by atoms with Crippen molar-refractivity contribution in [2.45, 2.75) is 39.4 Å². The van der Waals surface area contributed by atoms with Crippen LogP contribution in [0.25, 0.3) is 6.08 Å². The molecule has 0 radical (unpaired) electrons. The molecule has 5 nitrogen and oxygen atoms in total. The predicted molar refractivity (Wildman–Crippen MR) is 125 cm³/mol. The summed E-state index contributed by atoms with van der Waals surface area (Å²) in [6, 6.07) is 20.5. The molecule has 1 unspecified atom stereocenters. The topological polar surface area (TPSA) is 63.4 Å². The standard InChI is InChI=1S/C26H28N2O3/c1-6-19-15-16-23(22(17-19)28-27-20-11-8-7-9-12-20)30-18(2)31-24-14-10-13-21(25(24)29)26(3,4)5/h6-18,29H,1H2,2-5H3. The molecule has 3 aromatic carbocycles. The zero-order valence-corrected chi connectivity index (χ0v) is 18.4. The fraction of sp³-hybridized carbons (Fsp3) is 0.231. The van der Waals surface area contributed by atoms with Gasteiger partial charge >= 0.3 is 0 Å². The van der Waals surface area contributed by atoms with E-state index in [1.54, 1.807) is 19.1 Å². The average molecular weight is 417 g/mol. The summed E-state index contributed by atoms with van der Waals surface area (Å²) in [6.45, 7) is 11.7. The van der Waals surface area contributed by atoms with E-state index in [9.17, 15) is 5.11 Å². The molecule has 0 heterocycles. The van der Waals surface area contributed by atoms with Crippen molar-refractivity contribution in [3.8, 4) is 17.2 Å². The Bertz CT molecular complexity index is 1070. The Labute approximate surface area is 183 Å². The minimum Gasteiger partial charge on any atom is -0.504 e. The molecule has 0 aromatic heterocycles. The smallest absolute Gasteiger partial charge is 0.238 e. The summed E-state index contributed by atoms with van der Waals surface area (Å²) in [5.74, 6) is 1.01. The second-order valence-electron chi connectivity index (χ2n) is 8.17. The van der Waals surface area contributed by atoms with Crippen molar-refractivity contribution >= 4 is 17.5 Å². The van der Waals surface area contributed by atoms with E-state index in [2.05, 4.69) is 16.8 Å². The molecule has 31 heavy (non-hydrogen) atoms. The third-order valence-corrected chi connectivity index (χ3v) is 4.64.